The van der Waals surface area contributed by atoms with Gasteiger partial charge in [-0.3, -0.25) is 14.9 Å². The topological polar surface area (TPSA) is 89.5 Å². The Morgan fingerprint density at radius 2 is 2.00 bits per heavy atom. The number of nitro benzene ring substituents is 1. The maximum atomic E-state index is 12.1. The van der Waals surface area contributed by atoms with E-state index in [1.54, 1.807) is 11.0 Å². The third-order valence-electron chi connectivity index (χ3n) is 3.94. The number of carbonyl (C=O) groups excluding carboxylic acids is 2. The Labute approximate surface area is 126 Å². The van der Waals surface area contributed by atoms with Gasteiger partial charge >= 0.3 is 5.97 Å². The van der Waals surface area contributed by atoms with Crippen LogP contribution in [-0.2, 0) is 9.53 Å². The molecule has 7 heteroatoms. The summed E-state index contributed by atoms with van der Waals surface area (Å²) >= 11 is 0. The van der Waals surface area contributed by atoms with E-state index in [4.69, 9.17) is 4.74 Å². The molecule has 1 aromatic carbocycles. The molecular formula is C15H14N2O5. The van der Waals surface area contributed by atoms with Crippen LogP contribution in [0.5, 0.6) is 0 Å². The highest BCUT2D eigenvalue weighted by Gasteiger charge is 2.55. The molecule has 0 spiro atoms. The van der Waals surface area contributed by atoms with Crippen molar-refractivity contribution in [1.29, 1.82) is 0 Å². The van der Waals surface area contributed by atoms with Gasteiger partial charge in [-0.25, -0.2) is 4.79 Å². The Kier molecular flexibility index (Phi) is 3.40. The summed E-state index contributed by atoms with van der Waals surface area (Å²) in [5.41, 5.74) is 0.162. The Balaban J connectivity index is 1.69. The molecule has 0 bridgehead atoms. The number of nitrogens with zero attached hydrogens (tertiary/aromatic N) is 2. The number of esters is 1. The van der Waals surface area contributed by atoms with Gasteiger partial charge < -0.3 is 9.64 Å². The zero-order chi connectivity index (χ0) is 15.9. The van der Waals surface area contributed by atoms with Gasteiger partial charge in [0.15, 0.2) is 0 Å². The molecule has 0 radical (unpaired) electrons. The lowest BCUT2D eigenvalue weighted by atomic mass is 10.1. The molecule has 2 aliphatic rings. The second-order valence-electron chi connectivity index (χ2n) is 5.32. The van der Waals surface area contributed by atoms with Crippen LogP contribution in [0.3, 0.4) is 0 Å². The second kappa shape index (κ2) is 5.25. The van der Waals surface area contributed by atoms with Crippen LogP contribution in [0.25, 0.3) is 0 Å². The minimum atomic E-state index is -0.555. The van der Waals surface area contributed by atoms with Gasteiger partial charge in [-0.2, -0.15) is 0 Å². The number of rotatable bonds is 3. The number of carbonyl (C=O) groups is 2. The summed E-state index contributed by atoms with van der Waals surface area (Å²) in [5.74, 6) is -0.587. The van der Waals surface area contributed by atoms with Gasteiger partial charge in [0.25, 0.3) is 5.69 Å². The largest absolute Gasteiger partial charge is 0.452 e. The highest BCUT2D eigenvalue weighted by Crippen LogP contribution is 2.39. The molecule has 1 aliphatic heterocycles. The summed E-state index contributed by atoms with van der Waals surface area (Å²) in [5, 5.41) is 10.6. The van der Waals surface area contributed by atoms with E-state index in [0.29, 0.717) is 0 Å². The SMILES string of the molecule is CC(=O)N1[C@H]2[C@@H](OC(=O)c3ccc([N+](=O)[O-])cc3)C=CC[C@H]21. The summed E-state index contributed by atoms with van der Waals surface area (Å²) in [6.45, 7) is 1.49. The summed E-state index contributed by atoms with van der Waals surface area (Å²) in [4.78, 5) is 35.3. The van der Waals surface area contributed by atoms with E-state index < -0.39 is 17.0 Å². The molecule has 1 aliphatic carbocycles. The lowest BCUT2D eigenvalue weighted by molar-refractivity contribution is -0.384. The Bertz CT molecular complexity index is 667. The minimum absolute atomic E-state index is 0.0323. The van der Waals surface area contributed by atoms with Crippen molar-refractivity contribution in [3.63, 3.8) is 0 Å². The monoisotopic (exact) mass is 302 g/mol. The highest BCUT2D eigenvalue weighted by atomic mass is 16.6. The molecule has 1 fully saturated rings. The smallest absolute Gasteiger partial charge is 0.338 e. The molecule has 0 aromatic heterocycles. The maximum absolute atomic E-state index is 12.1. The van der Waals surface area contributed by atoms with Crippen LogP contribution in [0.15, 0.2) is 36.4 Å². The first kappa shape index (κ1) is 14.2. The number of amides is 1. The third-order valence-corrected chi connectivity index (χ3v) is 3.94. The van der Waals surface area contributed by atoms with Crippen LogP contribution in [0.4, 0.5) is 5.69 Å². The van der Waals surface area contributed by atoms with Crippen molar-refractivity contribution in [2.45, 2.75) is 31.5 Å². The fraction of sp³-hybridized carbons (Fsp3) is 0.333. The van der Waals surface area contributed by atoms with Gasteiger partial charge in [0.2, 0.25) is 5.91 Å². The number of benzene rings is 1. The van der Waals surface area contributed by atoms with E-state index in [0.717, 1.165) is 6.42 Å². The van der Waals surface area contributed by atoms with Gasteiger partial charge in [0.1, 0.15) is 6.10 Å². The quantitative estimate of drug-likeness (QED) is 0.278. The molecule has 7 nitrogen and oxygen atoms in total. The van der Waals surface area contributed by atoms with Crippen molar-refractivity contribution in [3.05, 3.63) is 52.1 Å². The predicted molar refractivity (Wildman–Crippen MR) is 76.2 cm³/mol. The molecule has 114 valence electrons. The molecule has 3 rings (SSSR count). The van der Waals surface area contributed by atoms with Crippen molar-refractivity contribution in [3.8, 4) is 0 Å². The van der Waals surface area contributed by atoms with Crippen LogP contribution >= 0.6 is 0 Å². The van der Waals surface area contributed by atoms with Gasteiger partial charge in [0, 0.05) is 19.1 Å². The van der Waals surface area contributed by atoms with Crippen molar-refractivity contribution in [2.75, 3.05) is 0 Å². The van der Waals surface area contributed by atoms with Gasteiger partial charge in [-0.15, -0.1) is 0 Å². The van der Waals surface area contributed by atoms with Crippen LogP contribution in [-0.4, -0.2) is 39.9 Å². The van der Waals surface area contributed by atoms with E-state index >= 15 is 0 Å². The molecule has 22 heavy (non-hydrogen) atoms. The Morgan fingerprint density at radius 1 is 1.32 bits per heavy atom. The van der Waals surface area contributed by atoms with Crippen LogP contribution in [0.1, 0.15) is 23.7 Å². The second-order valence-corrected chi connectivity index (χ2v) is 5.32. The third kappa shape index (κ3) is 2.45. The fourth-order valence-electron chi connectivity index (χ4n) is 2.86. The Hall–Kier alpha value is -2.70. The average Bonchev–Trinajstić information content (AvgIpc) is 3.23. The van der Waals surface area contributed by atoms with Crippen molar-refractivity contribution < 1.29 is 19.2 Å². The molecule has 0 N–H and O–H groups in total. The van der Waals surface area contributed by atoms with Crippen LogP contribution in [0, 0.1) is 10.1 Å². The number of hydrogen-bond donors (Lipinski definition) is 0. The van der Waals surface area contributed by atoms with E-state index in [-0.39, 0.29) is 29.2 Å². The van der Waals surface area contributed by atoms with E-state index in [9.17, 15) is 19.7 Å². The van der Waals surface area contributed by atoms with E-state index in [1.807, 2.05) is 6.08 Å². The normalized spacial score (nSPS) is 25.3. The summed E-state index contributed by atoms with van der Waals surface area (Å²) in [6, 6.07) is 5.26. The summed E-state index contributed by atoms with van der Waals surface area (Å²) in [6.07, 6.45) is 3.99. The summed E-state index contributed by atoms with van der Waals surface area (Å²) < 4.78 is 5.42. The molecule has 1 aromatic rings. The average molecular weight is 302 g/mol. The maximum Gasteiger partial charge on any atom is 0.338 e. The van der Waals surface area contributed by atoms with E-state index in [2.05, 4.69) is 0 Å². The molecule has 3 atom stereocenters. The van der Waals surface area contributed by atoms with Gasteiger partial charge in [-0.05, 0) is 24.6 Å². The van der Waals surface area contributed by atoms with E-state index in [1.165, 1.54) is 31.2 Å². The molecule has 1 amide bonds. The predicted octanol–water partition coefficient (Wildman–Crippen LogP) is 1.68. The van der Waals surface area contributed by atoms with Gasteiger partial charge in [0.05, 0.1) is 22.6 Å². The highest BCUT2D eigenvalue weighted by molar-refractivity contribution is 5.90. The van der Waals surface area contributed by atoms with Gasteiger partial charge in [-0.1, -0.05) is 6.08 Å². The Morgan fingerprint density at radius 3 is 2.59 bits per heavy atom. The number of fused-ring (bicyclic) bond motifs is 1. The fourth-order valence-corrected chi connectivity index (χ4v) is 2.86. The van der Waals surface area contributed by atoms with Crippen LogP contribution < -0.4 is 0 Å². The van der Waals surface area contributed by atoms with Crippen LogP contribution in [0.2, 0.25) is 0 Å². The molecular weight excluding hydrogens is 288 g/mol. The van der Waals surface area contributed by atoms with Crippen molar-refractivity contribution >= 4 is 17.6 Å². The lowest BCUT2D eigenvalue weighted by Gasteiger charge is -2.15. The lowest BCUT2D eigenvalue weighted by Crippen LogP contribution is -2.27. The first-order valence-corrected chi connectivity index (χ1v) is 6.90. The first-order chi connectivity index (χ1) is 10.5. The molecule has 1 heterocycles. The van der Waals surface area contributed by atoms with Crippen molar-refractivity contribution in [2.24, 2.45) is 0 Å². The first-order valence-electron chi connectivity index (χ1n) is 6.90. The summed E-state index contributed by atoms with van der Waals surface area (Å²) in [7, 11) is 0. The zero-order valence-electron chi connectivity index (χ0n) is 11.8. The number of nitro groups is 1. The molecule has 0 saturated carbocycles. The van der Waals surface area contributed by atoms with Crippen molar-refractivity contribution in [1.82, 2.24) is 4.90 Å². The number of hydrogen-bond acceptors (Lipinski definition) is 5. The minimum Gasteiger partial charge on any atom is -0.452 e. The number of ether oxygens (including phenoxy) is 1. The molecule has 0 unspecified atom stereocenters. The molecule has 1 saturated heterocycles. The number of non-ortho nitro benzene ring substituents is 1. The zero-order valence-corrected chi connectivity index (χ0v) is 11.8. The standard InChI is InChI=1S/C15H14N2O5/c1-9(18)16-12-3-2-4-13(14(12)16)22-15(19)10-5-7-11(8-6-10)17(20)21/h2,4-8,12-14H,3H2,1H3/t12-,13+,14-,16?/m1/s1.